The molecule has 0 bridgehead atoms. The fourth-order valence-electron chi connectivity index (χ4n) is 1.78. The normalized spacial score (nSPS) is 11.2. The van der Waals surface area contributed by atoms with E-state index in [4.69, 9.17) is 11.5 Å². The average molecular weight is 264 g/mol. The number of hydrogen-bond donors (Lipinski definition) is 2. The van der Waals surface area contributed by atoms with E-state index in [0.717, 1.165) is 5.56 Å². The van der Waals surface area contributed by atoms with Gasteiger partial charge in [0.15, 0.2) is 11.5 Å². The standard InChI is InChI=1S/C14H12N6/c15-12-10-8-17-11(18-13(10)20-14(16)19-12)7-6-9-4-2-1-3-5-9/h1-8H,(H4,15,16,17,18,19,20). The van der Waals surface area contributed by atoms with Crippen LogP contribution in [0.5, 0.6) is 0 Å². The fraction of sp³-hybridized carbons (Fsp3) is 0. The Morgan fingerprint density at radius 3 is 2.50 bits per heavy atom. The predicted octanol–water partition coefficient (Wildman–Crippen LogP) is 1.75. The molecule has 0 aliphatic rings. The Hall–Kier alpha value is -3.02. The van der Waals surface area contributed by atoms with Gasteiger partial charge in [-0.2, -0.15) is 9.97 Å². The zero-order valence-corrected chi connectivity index (χ0v) is 10.6. The van der Waals surface area contributed by atoms with E-state index in [9.17, 15) is 0 Å². The molecule has 6 nitrogen and oxygen atoms in total. The van der Waals surface area contributed by atoms with E-state index in [2.05, 4.69) is 19.9 Å². The molecule has 3 rings (SSSR count). The van der Waals surface area contributed by atoms with Gasteiger partial charge >= 0.3 is 0 Å². The highest BCUT2D eigenvalue weighted by Crippen LogP contribution is 2.16. The molecule has 4 N–H and O–H groups in total. The molecule has 0 saturated heterocycles. The molecule has 2 heterocycles. The van der Waals surface area contributed by atoms with E-state index in [1.807, 2.05) is 42.5 Å². The molecule has 0 fully saturated rings. The summed E-state index contributed by atoms with van der Waals surface area (Å²) in [7, 11) is 0. The topological polar surface area (TPSA) is 104 Å². The van der Waals surface area contributed by atoms with Crippen LogP contribution in [0.15, 0.2) is 36.5 Å². The van der Waals surface area contributed by atoms with Crippen LogP contribution in [0.2, 0.25) is 0 Å². The van der Waals surface area contributed by atoms with Gasteiger partial charge in [-0.15, -0.1) is 0 Å². The Bertz CT molecular complexity index is 782. The molecule has 1 aromatic carbocycles. The highest BCUT2D eigenvalue weighted by atomic mass is 15.1. The van der Waals surface area contributed by atoms with Crippen molar-refractivity contribution in [3.8, 4) is 0 Å². The Balaban J connectivity index is 1.99. The molecule has 0 spiro atoms. The summed E-state index contributed by atoms with van der Waals surface area (Å²) in [4.78, 5) is 16.4. The van der Waals surface area contributed by atoms with Crippen molar-refractivity contribution in [3.63, 3.8) is 0 Å². The smallest absolute Gasteiger partial charge is 0.224 e. The largest absolute Gasteiger partial charge is 0.383 e. The second kappa shape index (κ2) is 4.93. The summed E-state index contributed by atoms with van der Waals surface area (Å²) in [5, 5.41) is 0.594. The lowest BCUT2D eigenvalue weighted by atomic mass is 10.2. The number of hydrogen-bond acceptors (Lipinski definition) is 6. The molecule has 6 heteroatoms. The molecular weight excluding hydrogens is 252 g/mol. The summed E-state index contributed by atoms with van der Waals surface area (Å²) in [5.41, 5.74) is 12.8. The van der Waals surface area contributed by atoms with Crippen molar-refractivity contribution in [2.45, 2.75) is 0 Å². The number of benzene rings is 1. The summed E-state index contributed by atoms with van der Waals surface area (Å²) in [6, 6.07) is 9.89. The zero-order chi connectivity index (χ0) is 13.9. The zero-order valence-electron chi connectivity index (χ0n) is 10.6. The van der Waals surface area contributed by atoms with Crippen LogP contribution in [0.1, 0.15) is 11.4 Å². The van der Waals surface area contributed by atoms with Gasteiger partial charge < -0.3 is 11.5 Å². The number of nitrogens with two attached hydrogens (primary N) is 2. The van der Waals surface area contributed by atoms with Gasteiger partial charge in [-0.25, -0.2) is 9.97 Å². The van der Waals surface area contributed by atoms with Crippen molar-refractivity contribution in [1.29, 1.82) is 0 Å². The van der Waals surface area contributed by atoms with Crippen molar-refractivity contribution in [3.05, 3.63) is 47.9 Å². The van der Waals surface area contributed by atoms with E-state index in [-0.39, 0.29) is 11.8 Å². The minimum atomic E-state index is 0.103. The molecular formula is C14H12N6. The second-order valence-corrected chi connectivity index (χ2v) is 4.18. The fourth-order valence-corrected chi connectivity index (χ4v) is 1.78. The first kappa shape index (κ1) is 12.0. The molecule has 2 aromatic heterocycles. The van der Waals surface area contributed by atoms with Gasteiger partial charge in [0.25, 0.3) is 0 Å². The summed E-state index contributed by atoms with van der Waals surface area (Å²) in [6.45, 7) is 0. The van der Waals surface area contributed by atoms with Crippen LogP contribution in [0.4, 0.5) is 11.8 Å². The third kappa shape index (κ3) is 2.39. The average Bonchev–Trinajstić information content (AvgIpc) is 2.45. The van der Waals surface area contributed by atoms with Crippen LogP contribution >= 0.6 is 0 Å². The predicted molar refractivity (Wildman–Crippen MR) is 79.3 cm³/mol. The van der Waals surface area contributed by atoms with Gasteiger partial charge in [0.1, 0.15) is 5.82 Å². The first-order valence-electron chi connectivity index (χ1n) is 6.01. The van der Waals surface area contributed by atoms with Crippen LogP contribution in [-0.2, 0) is 0 Å². The molecule has 0 saturated carbocycles. The molecule has 98 valence electrons. The summed E-state index contributed by atoms with van der Waals surface area (Å²) >= 11 is 0. The maximum Gasteiger partial charge on any atom is 0.224 e. The van der Waals surface area contributed by atoms with Gasteiger partial charge in [0, 0.05) is 6.20 Å². The maximum atomic E-state index is 5.74. The molecule has 0 aliphatic carbocycles. The number of fused-ring (bicyclic) bond motifs is 1. The molecule has 0 amide bonds. The lowest BCUT2D eigenvalue weighted by molar-refractivity contribution is 1.13. The van der Waals surface area contributed by atoms with Crippen LogP contribution in [0, 0.1) is 0 Å². The van der Waals surface area contributed by atoms with Crippen LogP contribution < -0.4 is 11.5 Å². The molecule has 0 aliphatic heterocycles. The van der Waals surface area contributed by atoms with Gasteiger partial charge in [-0.1, -0.05) is 36.4 Å². The number of anilines is 2. The van der Waals surface area contributed by atoms with E-state index in [0.29, 0.717) is 16.9 Å². The molecule has 0 unspecified atom stereocenters. The number of rotatable bonds is 2. The first-order chi connectivity index (χ1) is 9.72. The van der Waals surface area contributed by atoms with Crippen molar-refractivity contribution in [2.75, 3.05) is 11.5 Å². The van der Waals surface area contributed by atoms with E-state index in [1.54, 1.807) is 6.20 Å². The summed E-state index contributed by atoms with van der Waals surface area (Å²) < 4.78 is 0. The van der Waals surface area contributed by atoms with Crippen LogP contribution in [0.25, 0.3) is 23.2 Å². The Morgan fingerprint density at radius 2 is 1.70 bits per heavy atom. The number of nitrogen functional groups attached to an aromatic ring is 2. The molecule has 0 atom stereocenters. The summed E-state index contributed by atoms with van der Waals surface area (Å²) in [6.07, 6.45) is 5.33. The third-order valence-corrected chi connectivity index (χ3v) is 2.74. The quantitative estimate of drug-likeness (QED) is 0.730. The molecule has 0 radical (unpaired) electrons. The Kier molecular flexibility index (Phi) is 2.96. The van der Waals surface area contributed by atoms with Crippen molar-refractivity contribution < 1.29 is 0 Å². The minimum absolute atomic E-state index is 0.103. The van der Waals surface area contributed by atoms with E-state index in [1.165, 1.54) is 0 Å². The highest BCUT2D eigenvalue weighted by Gasteiger charge is 2.05. The Morgan fingerprint density at radius 1 is 0.900 bits per heavy atom. The monoisotopic (exact) mass is 264 g/mol. The van der Waals surface area contributed by atoms with E-state index < -0.39 is 0 Å². The molecule has 20 heavy (non-hydrogen) atoms. The number of nitrogens with zero attached hydrogens (tertiary/aromatic N) is 4. The first-order valence-corrected chi connectivity index (χ1v) is 6.01. The van der Waals surface area contributed by atoms with Crippen molar-refractivity contribution >= 4 is 35.0 Å². The minimum Gasteiger partial charge on any atom is -0.383 e. The maximum absolute atomic E-state index is 5.74. The van der Waals surface area contributed by atoms with Crippen LogP contribution in [0.3, 0.4) is 0 Å². The lowest BCUT2D eigenvalue weighted by Gasteiger charge is -2.01. The SMILES string of the molecule is Nc1nc(N)c2cnc(C=Cc3ccccc3)nc2n1. The third-order valence-electron chi connectivity index (χ3n) is 2.74. The highest BCUT2D eigenvalue weighted by molar-refractivity contribution is 5.86. The second-order valence-electron chi connectivity index (χ2n) is 4.18. The van der Waals surface area contributed by atoms with Gasteiger partial charge in [-0.05, 0) is 11.6 Å². The van der Waals surface area contributed by atoms with Crippen LogP contribution in [-0.4, -0.2) is 19.9 Å². The van der Waals surface area contributed by atoms with Gasteiger partial charge in [0.05, 0.1) is 5.39 Å². The van der Waals surface area contributed by atoms with E-state index >= 15 is 0 Å². The Labute approximate surface area is 115 Å². The summed E-state index contributed by atoms with van der Waals surface area (Å²) in [5.74, 6) is 0.927. The number of aromatic nitrogens is 4. The molecule has 3 aromatic rings. The lowest BCUT2D eigenvalue weighted by Crippen LogP contribution is -2.02. The van der Waals surface area contributed by atoms with Crippen molar-refractivity contribution in [1.82, 2.24) is 19.9 Å². The van der Waals surface area contributed by atoms with Crippen molar-refractivity contribution in [2.24, 2.45) is 0 Å². The van der Waals surface area contributed by atoms with Gasteiger partial charge in [-0.3, -0.25) is 0 Å². The van der Waals surface area contributed by atoms with Gasteiger partial charge in [0.2, 0.25) is 5.95 Å².